The summed E-state index contributed by atoms with van der Waals surface area (Å²) < 4.78 is 50.7. The number of carbonyl (C=O) groups excluding carboxylic acids is 1. The average Bonchev–Trinajstić information content (AvgIpc) is 3.04. The summed E-state index contributed by atoms with van der Waals surface area (Å²) >= 11 is 0. The topological polar surface area (TPSA) is 50.8 Å². The molecular weight excluding hydrogens is 396 g/mol. The van der Waals surface area contributed by atoms with Crippen LogP contribution >= 0.6 is 0 Å². The van der Waals surface area contributed by atoms with E-state index in [1.807, 2.05) is 40.7 Å². The zero-order valence-electron chi connectivity index (χ0n) is 18.4. The Morgan fingerprint density at radius 3 is 2.33 bits per heavy atom. The lowest BCUT2D eigenvalue weighted by atomic mass is 9.76. The third kappa shape index (κ3) is 4.77. The van der Waals surface area contributed by atoms with Crippen molar-refractivity contribution in [3.63, 3.8) is 0 Å². The fraction of sp³-hybridized carbons (Fsp3) is 0.667. The Labute approximate surface area is 176 Å². The van der Waals surface area contributed by atoms with Crippen molar-refractivity contribution in [1.82, 2.24) is 4.90 Å². The van der Waals surface area contributed by atoms with Crippen LogP contribution in [0.2, 0.25) is 0 Å². The molecule has 2 aliphatic rings. The maximum Gasteiger partial charge on any atom is 0.495 e. The molecule has 1 atom stereocenters. The van der Waals surface area contributed by atoms with Crippen LogP contribution in [-0.2, 0) is 9.31 Å². The number of hydrogen-bond donors (Lipinski definition) is 1. The molecule has 30 heavy (non-hydrogen) atoms. The second-order valence-corrected chi connectivity index (χ2v) is 9.86. The molecule has 166 valence electrons. The van der Waals surface area contributed by atoms with Gasteiger partial charge in [-0.05, 0) is 64.1 Å². The van der Waals surface area contributed by atoms with Crippen LogP contribution in [-0.4, -0.2) is 48.5 Å². The summed E-state index contributed by atoms with van der Waals surface area (Å²) in [6.07, 6.45) is -4.80. The van der Waals surface area contributed by atoms with Crippen LogP contribution in [0.5, 0.6) is 0 Å². The van der Waals surface area contributed by atoms with E-state index in [2.05, 4.69) is 5.32 Å². The Bertz CT molecular complexity index is 812. The van der Waals surface area contributed by atoms with Gasteiger partial charge in [-0.1, -0.05) is 18.6 Å². The molecule has 9 heteroatoms. The monoisotopic (exact) mass is 426 g/mol. The van der Waals surface area contributed by atoms with E-state index in [4.69, 9.17) is 9.31 Å². The number of hydrogen-bond acceptors (Lipinski definition) is 3. The molecular formula is C21H30BF3N2O3. The normalized spacial score (nSPS) is 25.6. The molecule has 0 aliphatic carbocycles. The molecule has 0 spiro atoms. The van der Waals surface area contributed by atoms with Crippen molar-refractivity contribution >= 4 is 24.3 Å². The number of nitrogens with zero attached hydrogens (tertiary/aromatic N) is 1. The highest BCUT2D eigenvalue weighted by molar-refractivity contribution is 6.62. The summed E-state index contributed by atoms with van der Waals surface area (Å²) in [7, 11) is -0.561. The summed E-state index contributed by atoms with van der Waals surface area (Å²) in [6, 6.07) is 5.05. The molecule has 0 bridgehead atoms. The molecule has 1 N–H and O–H groups in total. The van der Waals surface area contributed by atoms with E-state index >= 15 is 0 Å². The number of likely N-dealkylation sites (tertiary alicyclic amines) is 1. The van der Waals surface area contributed by atoms with E-state index in [1.54, 1.807) is 19.1 Å². The van der Waals surface area contributed by atoms with Crippen molar-refractivity contribution in [2.45, 2.75) is 71.8 Å². The lowest BCUT2D eigenvalue weighted by Crippen LogP contribution is -2.41. The number of alkyl halides is 3. The van der Waals surface area contributed by atoms with Crippen molar-refractivity contribution in [2.75, 3.05) is 18.4 Å². The Kier molecular flexibility index (Phi) is 5.69. The van der Waals surface area contributed by atoms with Gasteiger partial charge in [0.2, 0.25) is 0 Å². The Hall–Kier alpha value is -1.74. The van der Waals surface area contributed by atoms with Crippen LogP contribution in [0.25, 0.3) is 0 Å². The van der Waals surface area contributed by atoms with Crippen molar-refractivity contribution in [3.8, 4) is 0 Å². The molecule has 1 aromatic rings. The Morgan fingerprint density at radius 1 is 1.17 bits per heavy atom. The van der Waals surface area contributed by atoms with Gasteiger partial charge in [0.25, 0.3) is 0 Å². The molecule has 0 saturated carbocycles. The van der Waals surface area contributed by atoms with E-state index in [-0.39, 0.29) is 6.54 Å². The van der Waals surface area contributed by atoms with Crippen molar-refractivity contribution in [3.05, 3.63) is 23.8 Å². The molecule has 2 amide bonds. The van der Waals surface area contributed by atoms with Crippen LogP contribution < -0.4 is 10.8 Å². The fourth-order valence-corrected chi connectivity index (χ4v) is 3.97. The summed E-state index contributed by atoms with van der Waals surface area (Å²) in [6.45, 7) is 11.8. The van der Waals surface area contributed by atoms with Gasteiger partial charge >= 0.3 is 19.3 Å². The largest absolute Gasteiger partial charge is 0.495 e. The molecule has 2 heterocycles. The number of nitrogens with one attached hydrogen (secondary N) is 1. The molecule has 2 aliphatic heterocycles. The summed E-state index contributed by atoms with van der Waals surface area (Å²) in [4.78, 5) is 14.1. The van der Waals surface area contributed by atoms with Gasteiger partial charge in [-0.2, -0.15) is 13.2 Å². The predicted molar refractivity (Wildman–Crippen MR) is 111 cm³/mol. The van der Waals surface area contributed by atoms with Crippen LogP contribution in [0, 0.1) is 12.3 Å². The molecule has 0 unspecified atom stereocenters. The van der Waals surface area contributed by atoms with E-state index in [1.165, 1.54) is 4.90 Å². The van der Waals surface area contributed by atoms with E-state index in [0.29, 0.717) is 18.7 Å². The van der Waals surface area contributed by atoms with Gasteiger partial charge in [0.15, 0.2) is 0 Å². The van der Waals surface area contributed by atoms with Crippen molar-refractivity contribution < 1.29 is 27.3 Å². The first-order valence-electron chi connectivity index (χ1n) is 10.2. The molecule has 2 fully saturated rings. The first-order chi connectivity index (χ1) is 13.6. The highest BCUT2D eigenvalue weighted by Crippen LogP contribution is 2.40. The van der Waals surface area contributed by atoms with Crippen LogP contribution in [0.4, 0.5) is 23.7 Å². The van der Waals surface area contributed by atoms with Crippen molar-refractivity contribution in [2.24, 2.45) is 5.41 Å². The summed E-state index contributed by atoms with van der Waals surface area (Å²) in [5.41, 5.74) is 0.417. The zero-order chi connectivity index (χ0) is 22.5. The van der Waals surface area contributed by atoms with Crippen LogP contribution in [0.1, 0.15) is 53.0 Å². The van der Waals surface area contributed by atoms with Gasteiger partial charge in [0, 0.05) is 18.8 Å². The second-order valence-electron chi connectivity index (χ2n) is 9.86. The zero-order valence-corrected chi connectivity index (χ0v) is 18.4. The number of aryl methyl sites for hydroxylation is 1. The standard InChI is InChI=1S/C21H30BF3N2O3/c1-14-7-8-15(11-16(14)22-29-18(2,3)19(4,5)30-22)26-17(28)27-10-9-20(6,13-27)12-21(23,24)25/h7-8,11H,9-10,12-13H2,1-6H3,(H,26,28)/t20-/m0/s1. The maximum absolute atomic E-state index is 12.8. The fourth-order valence-electron chi connectivity index (χ4n) is 3.97. The predicted octanol–water partition coefficient (Wildman–Crippen LogP) is 4.49. The lowest BCUT2D eigenvalue weighted by molar-refractivity contribution is -0.154. The smallest absolute Gasteiger partial charge is 0.399 e. The number of benzene rings is 1. The second kappa shape index (κ2) is 7.44. The van der Waals surface area contributed by atoms with Gasteiger partial charge < -0.3 is 19.5 Å². The average molecular weight is 426 g/mol. The molecule has 0 aromatic heterocycles. The number of urea groups is 1. The van der Waals surface area contributed by atoms with E-state index < -0.39 is 42.4 Å². The van der Waals surface area contributed by atoms with Crippen molar-refractivity contribution in [1.29, 1.82) is 0 Å². The van der Waals surface area contributed by atoms with Crippen LogP contribution in [0.3, 0.4) is 0 Å². The first-order valence-corrected chi connectivity index (χ1v) is 10.2. The molecule has 1 aromatic carbocycles. The Morgan fingerprint density at radius 2 is 1.77 bits per heavy atom. The highest BCUT2D eigenvalue weighted by Gasteiger charge is 2.52. The first kappa shape index (κ1) is 22.9. The van der Waals surface area contributed by atoms with E-state index in [9.17, 15) is 18.0 Å². The molecule has 2 saturated heterocycles. The Balaban J connectivity index is 1.70. The maximum atomic E-state index is 12.8. The van der Waals surface area contributed by atoms with Gasteiger partial charge in [0.05, 0.1) is 17.6 Å². The molecule has 0 radical (unpaired) electrons. The van der Waals surface area contributed by atoms with Gasteiger partial charge in [-0.15, -0.1) is 0 Å². The van der Waals surface area contributed by atoms with Gasteiger partial charge in [-0.25, -0.2) is 4.79 Å². The molecule has 3 rings (SSSR count). The van der Waals surface area contributed by atoms with Gasteiger partial charge in [-0.3, -0.25) is 0 Å². The third-order valence-corrected chi connectivity index (χ3v) is 6.51. The van der Waals surface area contributed by atoms with Crippen LogP contribution in [0.15, 0.2) is 18.2 Å². The number of halogens is 3. The quantitative estimate of drug-likeness (QED) is 0.725. The third-order valence-electron chi connectivity index (χ3n) is 6.51. The number of amides is 2. The summed E-state index contributed by atoms with van der Waals surface area (Å²) in [5, 5.41) is 2.81. The summed E-state index contributed by atoms with van der Waals surface area (Å²) in [5.74, 6) is 0. The van der Waals surface area contributed by atoms with E-state index in [0.717, 1.165) is 11.0 Å². The number of rotatable bonds is 3. The minimum absolute atomic E-state index is 0.0777. The minimum Gasteiger partial charge on any atom is -0.399 e. The SMILES string of the molecule is Cc1ccc(NC(=O)N2CC[C@@](C)(CC(F)(F)F)C2)cc1B1OC(C)(C)C(C)(C)O1. The molecule has 5 nitrogen and oxygen atoms in total. The minimum atomic E-state index is -4.24. The number of carbonyl (C=O) groups is 1. The van der Waals surface area contributed by atoms with Gasteiger partial charge in [0.1, 0.15) is 0 Å². The highest BCUT2D eigenvalue weighted by atomic mass is 19.4. The number of anilines is 1. The lowest BCUT2D eigenvalue weighted by Gasteiger charge is -2.32.